The second-order valence-corrected chi connectivity index (χ2v) is 7.09. The zero-order chi connectivity index (χ0) is 17.7. The second kappa shape index (κ2) is 7.47. The molecule has 0 aromatic heterocycles. The van der Waals surface area contributed by atoms with Crippen molar-refractivity contribution >= 4 is 27.5 Å². The first kappa shape index (κ1) is 18.0. The zero-order valence-electron chi connectivity index (χ0n) is 12.8. The van der Waals surface area contributed by atoms with Gasteiger partial charge in [-0.1, -0.05) is 23.7 Å². The highest BCUT2D eigenvalue weighted by Gasteiger charge is 2.18. The summed E-state index contributed by atoms with van der Waals surface area (Å²) in [6, 6.07) is 12.1. The van der Waals surface area contributed by atoms with Crippen LogP contribution in [0.15, 0.2) is 47.4 Å². The van der Waals surface area contributed by atoms with Gasteiger partial charge in [0.25, 0.3) is 0 Å². The Kier molecular flexibility index (Phi) is 5.60. The largest absolute Gasteiger partial charge is 0.379 e. The minimum absolute atomic E-state index is 0.0564. The fourth-order valence-corrected chi connectivity index (χ4v) is 3.07. The van der Waals surface area contributed by atoms with E-state index in [2.05, 4.69) is 0 Å². The minimum Gasteiger partial charge on any atom is -0.379 e. The van der Waals surface area contributed by atoms with Gasteiger partial charge in [0.1, 0.15) is 22.5 Å². The number of carbonyl (C=O) groups is 1. The number of carbonyl (C=O) groups excluding carboxylic acids is 1. The summed E-state index contributed by atoms with van der Waals surface area (Å²) in [4.78, 5) is 10.8. The first-order chi connectivity index (χ1) is 11.3. The smallest absolute Gasteiger partial charge is 0.339 e. The van der Waals surface area contributed by atoms with Crippen molar-refractivity contribution in [2.45, 2.75) is 24.7 Å². The SMILES string of the molecule is CC(=O)CCc1ccc(OS(=O)(=O)c2ccc(Cl)c(C#N)c2)cc1. The molecule has 0 saturated carbocycles. The van der Waals surface area contributed by atoms with Crippen LogP contribution in [-0.4, -0.2) is 14.2 Å². The Labute approximate surface area is 145 Å². The molecule has 7 heteroatoms. The average Bonchev–Trinajstić information content (AvgIpc) is 2.54. The fraction of sp³-hybridized carbons (Fsp3) is 0.176. The summed E-state index contributed by atoms with van der Waals surface area (Å²) in [6.07, 6.45) is 1.02. The van der Waals surface area contributed by atoms with E-state index in [1.165, 1.54) is 37.3 Å². The lowest BCUT2D eigenvalue weighted by Gasteiger charge is -2.08. The van der Waals surface area contributed by atoms with Crippen LogP contribution in [0.2, 0.25) is 5.02 Å². The fourth-order valence-electron chi connectivity index (χ4n) is 1.95. The highest BCUT2D eigenvalue weighted by molar-refractivity contribution is 7.87. The lowest BCUT2D eigenvalue weighted by atomic mass is 10.1. The lowest BCUT2D eigenvalue weighted by molar-refractivity contribution is -0.116. The van der Waals surface area contributed by atoms with Gasteiger partial charge in [-0.15, -0.1) is 0 Å². The van der Waals surface area contributed by atoms with Crippen LogP contribution in [0.3, 0.4) is 0 Å². The average molecular weight is 364 g/mol. The topological polar surface area (TPSA) is 84.2 Å². The number of ketones is 1. The third kappa shape index (κ3) is 4.57. The number of benzene rings is 2. The number of halogens is 1. The predicted molar refractivity (Wildman–Crippen MR) is 89.4 cm³/mol. The van der Waals surface area contributed by atoms with Gasteiger partial charge < -0.3 is 8.98 Å². The number of nitrogens with zero attached hydrogens (tertiary/aromatic N) is 1. The summed E-state index contributed by atoms with van der Waals surface area (Å²) in [5.74, 6) is 0.240. The summed E-state index contributed by atoms with van der Waals surface area (Å²) in [6.45, 7) is 1.52. The van der Waals surface area contributed by atoms with Gasteiger partial charge in [-0.2, -0.15) is 13.7 Å². The van der Waals surface area contributed by atoms with Crippen LogP contribution in [-0.2, 0) is 21.3 Å². The zero-order valence-corrected chi connectivity index (χ0v) is 14.4. The van der Waals surface area contributed by atoms with Crippen LogP contribution >= 0.6 is 11.6 Å². The Balaban J connectivity index is 2.17. The summed E-state index contributed by atoms with van der Waals surface area (Å²) >= 11 is 5.79. The molecule has 2 aromatic rings. The van der Waals surface area contributed by atoms with Gasteiger partial charge in [0, 0.05) is 6.42 Å². The molecular weight excluding hydrogens is 350 g/mol. The maximum absolute atomic E-state index is 12.3. The van der Waals surface area contributed by atoms with Crippen LogP contribution in [0, 0.1) is 11.3 Å². The van der Waals surface area contributed by atoms with Crippen molar-refractivity contribution in [3.63, 3.8) is 0 Å². The standard InChI is InChI=1S/C17H14ClNO4S/c1-12(20)2-3-13-4-6-15(7-5-13)23-24(21,22)16-8-9-17(18)14(10-16)11-19/h4-10H,2-3H2,1H3. The van der Waals surface area contributed by atoms with E-state index >= 15 is 0 Å². The molecule has 0 saturated heterocycles. The first-order valence-electron chi connectivity index (χ1n) is 7.04. The van der Waals surface area contributed by atoms with E-state index in [-0.39, 0.29) is 27.0 Å². The van der Waals surface area contributed by atoms with Crippen LogP contribution < -0.4 is 4.18 Å². The summed E-state index contributed by atoms with van der Waals surface area (Å²) in [5.41, 5.74) is 0.967. The molecule has 0 unspecified atom stereocenters. The van der Waals surface area contributed by atoms with Crippen LogP contribution in [0.5, 0.6) is 5.75 Å². The molecule has 0 aliphatic carbocycles. The third-order valence-electron chi connectivity index (χ3n) is 3.24. The Morgan fingerprint density at radius 1 is 1.21 bits per heavy atom. The Bertz CT molecular complexity index is 899. The van der Waals surface area contributed by atoms with Gasteiger partial charge in [0.15, 0.2) is 0 Å². The molecule has 0 bridgehead atoms. The molecule has 0 atom stereocenters. The highest BCUT2D eigenvalue weighted by atomic mass is 35.5. The van der Waals surface area contributed by atoms with Crippen LogP contribution in [0.25, 0.3) is 0 Å². The van der Waals surface area contributed by atoms with Crippen LogP contribution in [0.4, 0.5) is 0 Å². The second-order valence-electron chi connectivity index (χ2n) is 5.14. The van der Waals surface area contributed by atoms with Crippen molar-refractivity contribution in [1.29, 1.82) is 5.26 Å². The van der Waals surface area contributed by atoms with Gasteiger partial charge >= 0.3 is 10.1 Å². The molecule has 2 rings (SSSR count). The molecule has 5 nitrogen and oxygen atoms in total. The summed E-state index contributed by atoms with van der Waals surface area (Å²) in [7, 11) is -4.07. The normalized spacial score (nSPS) is 10.9. The van der Waals surface area contributed by atoms with Crippen molar-refractivity contribution < 1.29 is 17.4 Å². The lowest BCUT2D eigenvalue weighted by Crippen LogP contribution is -2.10. The Morgan fingerprint density at radius 2 is 1.88 bits per heavy atom. The first-order valence-corrected chi connectivity index (χ1v) is 8.83. The predicted octanol–water partition coefficient (Wildman–Crippen LogP) is 3.50. The number of aryl methyl sites for hydroxylation is 1. The van der Waals surface area contributed by atoms with E-state index < -0.39 is 10.1 Å². The third-order valence-corrected chi connectivity index (χ3v) is 4.81. The number of Topliss-reactive ketones (excluding diaryl/α,β-unsaturated/α-hetero) is 1. The van der Waals surface area contributed by atoms with E-state index in [0.29, 0.717) is 12.8 Å². The van der Waals surface area contributed by atoms with Gasteiger partial charge in [0.05, 0.1) is 10.6 Å². The molecule has 0 aliphatic rings. The molecule has 2 aromatic carbocycles. The number of hydrogen-bond donors (Lipinski definition) is 0. The highest BCUT2D eigenvalue weighted by Crippen LogP contribution is 2.23. The van der Waals surface area contributed by atoms with E-state index in [1.807, 2.05) is 6.07 Å². The van der Waals surface area contributed by atoms with Gasteiger partial charge in [-0.25, -0.2) is 0 Å². The quantitative estimate of drug-likeness (QED) is 0.733. The number of rotatable bonds is 6. The minimum atomic E-state index is -4.07. The van der Waals surface area contributed by atoms with Gasteiger partial charge in [-0.05, 0) is 49.2 Å². The van der Waals surface area contributed by atoms with E-state index in [1.54, 1.807) is 12.1 Å². The van der Waals surface area contributed by atoms with Crippen molar-refractivity contribution in [2.24, 2.45) is 0 Å². The van der Waals surface area contributed by atoms with E-state index in [0.717, 1.165) is 5.56 Å². The Morgan fingerprint density at radius 3 is 2.46 bits per heavy atom. The molecule has 0 aliphatic heterocycles. The molecule has 0 spiro atoms. The summed E-state index contributed by atoms with van der Waals surface area (Å²) in [5, 5.41) is 9.10. The number of hydrogen-bond acceptors (Lipinski definition) is 5. The van der Waals surface area contributed by atoms with Gasteiger partial charge in [-0.3, -0.25) is 0 Å². The maximum Gasteiger partial charge on any atom is 0.339 e. The van der Waals surface area contributed by atoms with Crippen molar-refractivity contribution in [3.8, 4) is 11.8 Å². The van der Waals surface area contributed by atoms with Crippen LogP contribution in [0.1, 0.15) is 24.5 Å². The molecule has 0 N–H and O–H groups in total. The van der Waals surface area contributed by atoms with Gasteiger partial charge in [0.2, 0.25) is 0 Å². The van der Waals surface area contributed by atoms with Crippen molar-refractivity contribution in [1.82, 2.24) is 0 Å². The molecule has 0 fully saturated rings. The molecule has 124 valence electrons. The maximum atomic E-state index is 12.3. The molecule has 24 heavy (non-hydrogen) atoms. The monoisotopic (exact) mass is 363 g/mol. The molecular formula is C17H14ClNO4S. The van der Waals surface area contributed by atoms with Crippen molar-refractivity contribution in [3.05, 3.63) is 58.6 Å². The van der Waals surface area contributed by atoms with E-state index in [4.69, 9.17) is 21.0 Å². The molecule has 0 amide bonds. The molecule has 0 radical (unpaired) electrons. The van der Waals surface area contributed by atoms with E-state index in [9.17, 15) is 13.2 Å². The van der Waals surface area contributed by atoms with Crippen molar-refractivity contribution in [2.75, 3.05) is 0 Å². The summed E-state index contributed by atoms with van der Waals surface area (Å²) < 4.78 is 29.6. The molecule has 0 heterocycles. The Hall–Kier alpha value is -2.36. The number of nitriles is 1.